The lowest BCUT2D eigenvalue weighted by Crippen LogP contribution is -2.57. The Kier molecular flexibility index (Phi) is 8.46. The topological polar surface area (TPSA) is 134 Å². The molecule has 0 spiro atoms. The van der Waals surface area contributed by atoms with Gasteiger partial charge in [0.1, 0.15) is 25.4 Å². The molecular weight excluding hydrogens is 348 g/mol. The van der Waals surface area contributed by atoms with Gasteiger partial charge in [-0.05, 0) is 0 Å². The van der Waals surface area contributed by atoms with Crippen LogP contribution >= 0.6 is 0 Å². The van der Waals surface area contributed by atoms with Gasteiger partial charge in [0, 0.05) is 25.2 Å². The minimum Gasteiger partial charge on any atom is -0.460 e. The summed E-state index contributed by atoms with van der Waals surface area (Å²) in [6, 6.07) is 0. The summed E-state index contributed by atoms with van der Waals surface area (Å²) in [5.41, 5.74) is 0. The number of rotatable bonds is 10. The van der Waals surface area contributed by atoms with Crippen LogP contribution in [0.3, 0.4) is 0 Å². The first-order chi connectivity index (χ1) is 12.3. The second-order valence-electron chi connectivity index (χ2n) is 5.48. The predicted octanol–water partition coefficient (Wildman–Crippen LogP) is -2.16. The van der Waals surface area contributed by atoms with Gasteiger partial charge in [-0.25, -0.2) is 9.59 Å². The number of ether oxygens (including phenoxy) is 2. The number of hydrogen-bond donors (Lipinski definition) is 2. The molecule has 1 saturated heterocycles. The summed E-state index contributed by atoms with van der Waals surface area (Å²) in [4.78, 5) is 48.3. The van der Waals surface area contributed by atoms with E-state index in [9.17, 15) is 29.4 Å². The molecule has 0 aliphatic carbocycles. The van der Waals surface area contributed by atoms with Crippen LogP contribution in [0.2, 0.25) is 0 Å². The molecule has 0 aromatic rings. The van der Waals surface area contributed by atoms with E-state index in [4.69, 9.17) is 0 Å². The molecule has 2 N–H and O–H groups in total. The normalized spacial score (nSPS) is 16.7. The fraction of sp³-hybridized carbons (Fsp3) is 0.500. The number of β-amino-alcohol motifs (C(OH)–C–C–N with tert-alkyl or cyclic N) is 2. The molecule has 1 fully saturated rings. The number of aliphatic hydroxyl groups is 2. The van der Waals surface area contributed by atoms with Crippen LogP contribution < -0.4 is 0 Å². The number of esters is 2. The van der Waals surface area contributed by atoms with Gasteiger partial charge in [0.05, 0.1) is 13.1 Å². The lowest BCUT2D eigenvalue weighted by molar-refractivity contribution is -0.159. The van der Waals surface area contributed by atoms with Crippen LogP contribution in [0.4, 0.5) is 0 Å². The van der Waals surface area contributed by atoms with E-state index >= 15 is 0 Å². The maximum absolute atomic E-state index is 12.1. The lowest BCUT2D eigenvalue weighted by atomic mass is 10.2. The second-order valence-corrected chi connectivity index (χ2v) is 5.48. The summed E-state index contributed by atoms with van der Waals surface area (Å²) >= 11 is 0. The molecule has 1 rings (SSSR count). The van der Waals surface area contributed by atoms with Crippen molar-refractivity contribution in [3.63, 3.8) is 0 Å². The van der Waals surface area contributed by atoms with Crippen LogP contribution in [0.15, 0.2) is 25.3 Å². The zero-order valence-corrected chi connectivity index (χ0v) is 14.2. The molecule has 1 aliphatic heterocycles. The van der Waals surface area contributed by atoms with E-state index in [1.807, 2.05) is 0 Å². The quantitative estimate of drug-likeness (QED) is 0.252. The maximum atomic E-state index is 12.1. The molecule has 2 amide bonds. The fourth-order valence-corrected chi connectivity index (χ4v) is 2.15. The number of nitrogens with zero attached hydrogens (tertiary/aromatic N) is 2. The van der Waals surface area contributed by atoms with Gasteiger partial charge in [0.2, 0.25) is 0 Å². The number of hydrogen-bond acceptors (Lipinski definition) is 8. The Labute approximate surface area is 150 Å². The standard InChI is InChI=1S/C16H22N2O8/c1-3-13(21)25-9-11(19)7-17-5-6-18(16(24)15(17)23)8-12(20)10-26-14(22)4-2/h3-4,11-12,19-20H,1-2,5-10H2. The maximum Gasteiger partial charge on any atom is 0.330 e. The van der Waals surface area contributed by atoms with Crippen LogP contribution in [0.5, 0.6) is 0 Å². The average molecular weight is 370 g/mol. The first-order valence-electron chi connectivity index (χ1n) is 7.81. The number of amides is 2. The molecule has 144 valence electrons. The highest BCUT2D eigenvalue weighted by Gasteiger charge is 2.34. The Morgan fingerprint density at radius 2 is 1.27 bits per heavy atom. The van der Waals surface area contributed by atoms with E-state index in [0.29, 0.717) is 0 Å². The third kappa shape index (κ3) is 6.65. The van der Waals surface area contributed by atoms with Gasteiger partial charge in [-0.15, -0.1) is 0 Å². The SMILES string of the molecule is C=CC(=O)OCC(O)CN1CCN(CC(O)COC(=O)C=C)C(=O)C1=O. The highest BCUT2D eigenvalue weighted by atomic mass is 16.5. The molecule has 0 radical (unpaired) electrons. The van der Waals surface area contributed by atoms with Crippen molar-refractivity contribution in [3.8, 4) is 0 Å². The minimum absolute atomic E-state index is 0.135. The van der Waals surface area contributed by atoms with Crippen molar-refractivity contribution >= 4 is 23.8 Å². The van der Waals surface area contributed by atoms with E-state index in [1.165, 1.54) is 0 Å². The van der Waals surface area contributed by atoms with Crippen LogP contribution in [0.1, 0.15) is 0 Å². The van der Waals surface area contributed by atoms with Crippen LogP contribution in [0, 0.1) is 0 Å². The highest BCUT2D eigenvalue weighted by Crippen LogP contribution is 2.08. The summed E-state index contributed by atoms with van der Waals surface area (Å²) in [7, 11) is 0. The summed E-state index contributed by atoms with van der Waals surface area (Å²) in [6.07, 6.45) is -0.410. The zero-order valence-electron chi connectivity index (χ0n) is 14.2. The third-order valence-electron chi connectivity index (χ3n) is 3.43. The number of aliphatic hydroxyl groups excluding tert-OH is 2. The van der Waals surface area contributed by atoms with E-state index in [0.717, 1.165) is 22.0 Å². The second kappa shape index (κ2) is 10.3. The van der Waals surface area contributed by atoms with E-state index in [-0.39, 0.29) is 39.4 Å². The third-order valence-corrected chi connectivity index (χ3v) is 3.43. The monoisotopic (exact) mass is 370 g/mol. The first-order valence-corrected chi connectivity index (χ1v) is 7.81. The summed E-state index contributed by atoms with van der Waals surface area (Å²) in [6.45, 7) is 5.67. The molecule has 26 heavy (non-hydrogen) atoms. The van der Waals surface area contributed by atoms with Gasteiger partial charge in [-0.3, -0.25) is 9.59 Å². The van der Waals surface area contributed by atoms with Gasteiger partial charge in [-0.1, -0.05) is 13.2 Å². The van der Waals surface area contributed by atoms with Crippen LogP contribution in [-0.4, -0.2) is 95.4 Å². The van der Waals surface area contributed by atoms with Crippen LogP contribution in [-0.2, 0) is 28.7 Å². The van der Waals surface area contributed by atoms with Gasteiger partial charge in [0.15, 0.2) is 0 Å². The van der Waals surface area contributed by atoms with Crippen molar-refractivity contribution in [1.82, 2.24) is 9.80 Å². The molecule has 10 nitrogen and oxygen atoms in total. The summed E-state index contributed by atoms with van der Waals surface area (Å²) < 4.78 is 9.33. The largest absolute Gasteiger partial charge is 0.460 e. The molecular formula is C16H22N2O8. The smallest absolute Gasteiger partial charge is 0.330 e. The Bertz CT molecular complexity index is 527. The van der Waals surface area contributed by atoms with Crippen molar-refractivity contribution in [1.29, 1.82) is 0 Å². The molecule has 2 unspecified atom stereocenters. The predicted molar refractivity (Wildman–Crippen MR) is 87.5 cm³/mol. The Balaban J connectivity index is 2.46. The highest BCUT2D eigenvalue weighted by molar-refractivity contribution is 6.35. The van der Waals surface area contributed by atoms with Gasteiger partial charge >= 0.3 is 23.8 Å². The van der Waals surface area contributed by atoms with E-state index in [1.54, 1.807) is 0 Å². The van der Waals surface area contributed by atoms with Gasteiger partial charge < -0.3 is 29.5 Å². The average Bonchev–Trinajstić information content (AvgIpc) is 2.63. The van der Waals surface area contributed by atoms with E-state index < -0.39 is 36.0 Å². The molecule has 1 aliphatic rings. The summed E-state index contributed by atoms with van der Waals surface area (Å²) in [5, 5.41) is 19.6. The Morgan fingerprint density at radius 1 is 0.923 bits per heavy atom. The molecule has 0 saturated carbocycles. The van der Waals surface area contributed by atoms with Gasteiger partial charge in [0.25, 0.3) is 0 Å². The molecule has 0 aromatic carbocycles. The van der Waals surface area contributed by atoms with Crippen molar-refractivity contribution in [3.05, 3.63) is 25.3 Å². The van der Waals surface area contributed by atoms with Crippen LogP contribution in [0.25, 0.3) is 0 Å². The molecule has 10 heteroatoms. The van der Waals surface area contributed by atoms with Gasteiger partial charge in [-0.2, -0.15) is 0 Å². The minimum atomic E-state index is -1.15. The molecule has 0 aromatic heterocycles. The van der Waals surface area contributed by atoms with Crippen molar-refractivity contribution in [2.45, 2.75) is 12.2 Å². The first kappa shape index (κ1) is 21.3. The Hall–Kier alpha value is -2.72. The zero-order chi connectivity index (χ0) is 19.7. The summed E-state index contributed by atoms with van der Waals surface area (Å²) in [5.74, 6) is -3.11. The number of carbonyl (C=O) groups is 4. The van der Waals surface area contributed by atoms with Crippen molar-refractivity contribution in [2.75, 3.05) is 39.4 Å². The molecule has 0 bridgehead atoms. The lowest BCUT2D eigenvalue weighted by Gasteiger charge is -2.35. The molecule has 2 atom stereocenters. The number of piperazine rings is 1. The van der Waals surface area contributed by atoms with Crippen molar-refractivity contribution in [2.24, 2.45) is 0 Å². The van der Waals surface area contributed by atoms with Crippen molar-refractivity contribution < 1.29 is 38.9 Å². The van der Waals surface area contributed by atoms with E-state index in [2.05, 4.69) is 22.6 Å². The fourth-order valence-electron chi connectivity index (χ4n) is 2.15. The number of carbonyl (C=O) groups excluding carboxylic acids is 4. The Morgan fingerprint density at radius 3 is 1.58 bits per heavy atom. The molecule has 1 heterocycles.